The number of ether oxygens (including phenoxy) is 6. The van der Waals surface area contributed by atoms with Gasteiger partial charge >= 0.3 is 0 Å². The van der Waals surface area contributed by atoms with Crippen LogP contribution in [-0.4, -0.2) is 70.9 Å². The van der Waals surface area contributed by atoms with Crippen molar-refractivity contribution in [1.29, 1.82) is 0 Å². The Morgan fingerprint density at radius 1 is 0.560 bits per heavy atom. The topological polar surface area (TPSA) is 55.4 Å². The largest absolute Gasteiger partial charge is 0.376 e. The second-order valence-corrected chi connectivity index (χ2v) is 6.61. The highest BCUT2D eigenvalue weighted by molar-refractivity contribution is 4.58. The Morgan fingerprint density at radius 2 is 0.960 bits per heavy atom. The summed E-state index contributed by atoms with van der Waals surface area (Å²) in [5.41, 5.74) is 0. The van der Waals surface area contributed by atoms with Crippen molar-refractivity contribution in [3.8, 4) is 0 Å². The predicted molar refractivity (Wildman–Crippen MR) is 99.0 cm³/mol. The molecule has 0 saturated heterocycles. The van der Waals surface area contributed by atoms with Gasteiger partial charge in [-0.2, -0.15) is 0 Å². The molecule has 0 rings (SSSR count). The minimum Gasteiger partial charge on any atom is -0.376 e. The lowest BCUT2D eigenvalue weighted by Crippen LogP contribution is -2.30. The Hall–Kier alpha value is -0.240. The minimum atomic E-state index is -0.0673. The molecule has 0 aliphatic carbocycles. The van der Waals surface area contributed by atoms with E-state index in [2.05, 4.69) is 13.8 Å². The van der Waals surface area contributed by atoms with Crippen LogP contribution in [0.3, 0.4) is 0 Å². The highest BCUT2D eigenvalue weighted by atomic mass is 16.7. The fourth-order valence-corrected chi connectivity index (χ4v) is 1.88. The zero-order valence-electron chi connectivity index (χ0n) is 17.1. The minimum absolute atomic E-state index is 0.0673. The molecule has 0 fully saturated rings. The van der Waals surface area contributed by atoms with Crippen molar-refractivity contribution in [2.75, 3.05) is 46.4 Å². The van der Waals surface area contributed by atoms with Crippen LogP contribution in [0.4, 0.5) is 0 Å². The normalized spacial score (nSPS) is 14.4. The van der Waals surface area contributed by atoms with Crippen molar-refractivity contribution in [1.82, 2.24) is 0 Å². The van der Waals surface area contributed by atoms with Gasteiger partial charge < -0.3 is 28.4 Å². The maximum atomic E-state index is 5.74. The van der Waals surface area contributed by atoms with Gasteiger partial charge in [0.25, 0.3) is 0 Å². The molecule has 0 radical (unpaired) electrons. The second kappa shape index (κ2) is 17.2. The first-order chi connectivity index (χ1) is 12.0. The van der Waals surface area contributed by atoms with Gasteiger partial charge in [0.1, 0.15) is 19.0 Å². The summed E-state index contributed by atoms with van der Waals surface area (Å²) in [6, 6.07) is 0. The number of rotatable bonds is 18. The molecule has 0 aromatic heterocycles. The Kier molecular flexibility index (Phi) is 17.0. The van der Waals surface area contributed by atoms with E-state index in [1.807, 2.05) is 27.7 Å². The van der Waals surface area contributed by atoms with Gasteiger partial charge in [-0.15, -0.1) is 0 Å². The van der Waals surface area contributed by atoms with Crippen molar-refractivity contribution in [3.63, 3.8) is 0 Å². The molecule has 152 valence electrons. The third-order valence-electron chi connectivity index (χ3n) is 3.12. The van der Waals surface area contributed by atoms with E-state index < -0.39 is 0 Å². The Morgan fingerprint density at radius 3 is 1.28 bits per heavy atom. The monoisotopic (exact) mass is 364 g/mol. The zero-order valence-corrected chi connectivity index (χ0v) is 17.1. The Bertz CT molecular complexity index is 247. The highest BCUT2D eigenvalue weighted by Gasteiger charge is 2.13. The standard InChI is InChI=1S/C19H40O6/c1-7-9-22-18(13-24-16(3)4)11-20-15-21-12-19(23-10-8-2)14-25-17(5)6/h16-19H,7-15H2,1-6H3. The lowest BCUT2D eigenvalue weighted by Gasteiger charge is -2.21. The first kappa shape index (κ1) is 24.8. The Balaban J connectivity index is 3.96. The molecular weight excluding hydrogens is 324 g/mol. The van der Waals surface area contributed by atoms with E-state index in [1.165, 1.54) is 0 Å². The van der Waals surface area contributed by atoms with Gasteiger partial charge in [0, 0.05) is 13.2 Å². The van der Waals surface area contributed by atoms with E-state index in [0.717, 1.165) is 12.8 Å². The lowest BCUT2D eigenvalue weighted by molar-refractivity contribution is -0.136. The number of hydrogen-bond donors (Lipinski definition) is 0. The van der Waals surface area contributed by atoms with Crippen molar-refractivity contribution < 1.29 is 28.4 Å². The first-order valence-corrected chi connectivity index (χ1v) is 9.61. The van der Waals surface area contributed by atoms with Crippen LogP contribution in [0.15, 0.2) is 0 Å². The quantitative estimate of drug-likeness (QED) is 0.274. The molecule has 2 unspecified atom stereocenters. The van der Waals surface area contributed by atoms with Gasteiger partial charge in [-0.3, -0.25) is 0 Å². The van der Waals surface area contributed by atoms with Crippen molar-refractivity contribution >= 4 is 0 Å². The van der Waals surface area contributed by atoms with Gasteiger partial charge in [-0.25, -0.2) is 0 Å². The van der Waals surface area contributed by atoms with Crippen LogP contribution >= 0.6 is 0 Å². The molecule has 0 aliphatic rings. The summed E-state index contributed by atoms with van der Waals surface area (Å²) < 4.78 is 33.9. The summed E-state index contributed by atoms with van der Waals surface area (Å²) in [4.78, 5) is 0. The van der Waals surface area contributed by atoms with Gasteiger partial charge in [0.05, 0.1) is 38.6 Å². The van der Waals surface area contributed by atoms with Gasteiger partial charge in [0.2, 0.25) is 0 Å². The second-order valence-electron chi connectivity index (χ2n) is 6.61. The van der Waals surface area contributed by atoms with Crippen molar-refractivity contribution in [2.24, 2.45) is 0 Å². The molecule has 25 heavy (non-hydrogen) atoms. The van der Waals surface area contributed by atoms with Crippen LogP contribution in [0.1, 0.15) is 54.4 Å². The lowest BCUT2D eigenvalue weighted by atomic mass is 10.4. The van der Waals surface area contributed by atoms with Crippen LogP contribution in [0.2, 0.25) is 0 Å². The summed E-state index contributed by atoms with van der Waals surface area (Å²) in [5.74, 6) is 0. The van der Waals surface area contributed by atoms with E-state index in [0.29, 0.717) is 39.6 Å². The molecule has 6 nitrogen and oxygen atoms in total. The van der Waals surface area contributed by atoms with Crippen LogP contribution in [0, 0.1) is 0 Å². The molecule has 0 bridgehead atoms. The van der Waals surface area contributed by atoms with E-state index in [1.54, 1.807) is 0 Å². The highest BCUT2D eigenvalue weighted by Crippen LogP contribution is 2.02. The summed E-state index contributed by atoms with van der Waals surface area (Å²) >= 11 is 0. The van der Waals surface area contributed by atoms with Crippen LogP contribution in [0.25, 0.3) is 0 Å². The molecule has 0 N–H and O–H groups in total. The number of hydrogen-bond acceptors (Lipinski definition) is 6. The third-order valence-corrected chi connectivity index (χ3v) is 3.12. The van der Waals surface area contributed by atoms with E-state index >= 15 is 0 Å². The third kappa shape index (κ3) is 17.0. The van der Waals surface area contributed by atoms with Crippen LogP contribution in [0.5, 0.6) is 0 Å². The molecular formula is C19H40O6. The van der Waals surface area contributed by atoms with Crippen LogP contribution in [-0.2, 0) is 28.4 Å². The van der Waals surface area contributed by atoms with Crippen molar-refractivity contribution in [2.45, 2.75) is 78.8 Å². The molecule has 0 spiro atoms. The van der Waals surface area contributed by atoms with Crippen molar-refractivity contribution in [3.05, 3.63) is 0 Å². The average molecular weight is 365 g/mol. The van der Waals surface area contributed by atoms with E-state index in [9.17, 15) is 0 Å². The summed E-state index contributed by atoms with van der Waals surface area (Å²) in [5, 5.41) is 0. The van der Waals surface area contributed by atoms with Gasteiger partial charge in [-0.05, 0) is 40.5 Å². The summed E-state index contributed by atoms with van der Waals surface area (Å²) in [6.07, 6.45) is 2.18. The fourth-order valence-electron chi connectivity index (χ4n) is 1.88. The zero-order chi connectivity index (χ0) is 18.9. The van der Waals surface area contributed by atoms with Crippen LogP contribution < -0.4 is 0 Å². The molecule has 0 saturated carbocycles. The fraction of sp³-hybridized carbons (Fsp3) is 1.00. The van der Waals surface area contributed by atoms with Gasteiger partial charge in [0.15, 0.2) is 0 Å². The molecule has 0 aromatic rings. The summed E-state index contributed by atoms with van der Waals surface area (Å²) in [6.45, 7) is 15.8. The SMILES string of the molecule is CCCOC(COCOCC(COC(C)C)OCCC)COC(C)C. The average Bonchev–Trinajstić information content (AvgIpc) is 2.57. The van der Waals surface area contributed by atoms with E-state index in [4.69, 9.17) is 28.4 Å². The molecule has 2 atom stereocenters. The predicted octanol–water partition coefficient (Wildman–Crippen LogP) is 3.42. The summed E-state index contributed by atoms with van der Waals surface area (Å²) in [7, 11) is 0. The maximum absolute atomic E-state index is 5.74. The van der Waals surface area contributed by atoms with Gasteiger partial charge in [-0.1, -0.05) is 13.8 Å². The molecule has 0 aromatic carbocycles. The Labute approximate surface area is 154 Å². The first-order valence-electron chi connectivity index (χ1n) is 9.61. The molecule has 6 heteroatoms. The molecule has 0 amide bonds. The van der Waals surface area contributed by atoms with E-state index in [-0.39, 0.29) is 31.2 Å². The molecule has 0 aliphatic heterocycles. The smallest absolute Gasteiger partial charge is 0.146 e. The maximum Gasteiger partial charge on any atom is 0.146 e. The molecule has 0 heterocycles.